The third kappa shape index (κ3) is 3.33. The maximum absolute atomic E-state index is 12.3. The van der Waals surface area contributed by atoms with Crippen LogP contribution in [0.15, 0.2) is 29.4 Å². The molecule has 1 heterocycles. The van der Waals surface area contributed by atoms with Gasteiger partial charge in [0.2, 0.25) is 0 Å². The second kappa shape index (κ2) is 6.47. The van der Waals surface area contributed by atoms with Gasteiger partial charge in [-0.2, -0.15) is 5.10 Å². The van der Waals surface area contributed by atoms with E-state index < -0.39 is 0 Å². The number of benzene rings is 1. The van der Waals surface area contributed by atoms with Crippen LogP contribution in [0.25, 0.3) is 0 Å². The van der Waals surface area contributed by atoms with Crippen LogP contribution < -0.4 is 11.2 Å². The van der Waals surface area contributed by atoms with Gasteiger partial charge >= 0.3 is 0 Å². The van der Waals surface area contributed by atoms with Crippen LogP contribution in [-0.2, 0) is 4.79 Å². The van der Waals surface area contributed by atoms with Crippen LogP contribution in [0.2, 0.25) is 0 Å². The molecule has 0 aliphatic carbocycles. The Bertz CT molecular complexity index is 550. The number of carbonyl (C=O) groups is 1. The molecule has 106 valence electrons. The molecule has 6 heteroatoms. The molecule has 0 atom stereocenters. The van der Waals surface area contributed by atoms with Crippen molar-refractivity contribution in [3.8, 4) is 0 Å². The first-order valence-electron chi connectivity index (χ1n) is 6.58. The molecule has 0 bridgehead atoms. The van der Waals surface area contributed by atoms with Crippen molar-refractivity contribution >= 4 is 34.5 Å². The quantitative estimate of drug-likeness (QED) is 0.503. The van der Waals surface area contributed by atoms with Crippen LogP contribution in [0, 0.1) is 6.92 Å². The van der Waals surface area contributed by atoms with Crippen molar-refractivity contribution in [2.45, 2.75) is 19.8 Å². The zero-order valence-electron chi connectivity index (χ0n) is 11.4. The third-order valence-corrected chi connectivity index (χ3v) is 3.46. The molecular formula is C14H18N4OS. The van der Waals surface area contributed by atoms with Gasteiger partial charge in [0, 0.05) is 13.1 Å². The maximum atomic E-state index is 12.3. The molecule has 1 aromatic rings. The van der Waals surface area contributed by atoms with Crippen LogP contribution in [0.5, 0.6) is 0 Å². The lowest BCUT2D eigenvalue weighted by Crippen LogP contribution is -2.40. The van der Waals surface area contributed by atoms with Gasteiger partial charge in [0.1, 0.15) is 4.99 Å². The number of aryl methyl sites for hydroxylation is 1. The SMILES string of the molecule is Cc1ccccc1NN=C(C(=O)N1CCCC1)C(N)=S. The van der Waals surface area contributed by atoms with Crippen LogP contribution in [-0.4, -0.2) is 34.6 Å². The molecule has 1 aromatic carbocycles. The van der Waals surface area contributed by atoms with E-state index >= 15 is 0 Å². The molecule has 3 N–H and O–H groups in total. The van der Waals surface area contributed by atoms with Crippen molar-refractivity contribution in [2.24, 2.45) is 10.8 Å². The van der Waals surface area contributed by atoms with Gasteiger partial charge in [0.15, 0.2) is 5.71 Å². The van der Waals surface area contributed by atoms with E-state index in [1.165, 1.54) is 0 Å². The summed E-state index contributed by atoms with van der Waals surface area (Å²) in [5.41, 5.74) is 10.5. The fourth-order valence-electron chi connectivity index (χ4n) is 2.09. The number of nitrogens with zero attached hydrogens (tertiary/aromatic N) is 2. The monoisotopic (exact) mass is 290 g/mol. The summed E-state index contributed by atoms with van der Waals surface area (Å²) < 4.78 is 0. The molecule has 0 spiro atoms. The fraction of sp³-hybridized carbons (Fsp3) is 0.357. The van der Waals surface area contributed by atoms with Crippen LogP contribution in [0.3, 0.4) is 0 Å². The summed E-state index contributed by atoms with van der Waals surface area (Å²) in [6, 6.07) is 7.68. The normalized spacial score (nSPS) is 15.2. The summed E-state index contributed by atoms with van der Waals surface area (Å²) in [7, 11) is 0. The zero-order valence-corrected chi connectivity index (χ0v) is 12.2. The average molecular weight is 290 g/mol. The van der Waals surface area contributed by atoms with Crippen molar-refractivity contribution in [3.63, 3.8) is 0 Å². The van der Waals surface area contributed by atoms with E-state index in [1.807, 2.05) is 31.2 Å². The Morgan fingerprint density at radius 2 is 2.00 bits per heavy atom. The second-order valence-corrected chi connectivity index (χ2v) is 5.19. The van der Waals surface area contributed by atoms with Crippen molar-refractivity contribution < 1.29 is 4.79 Å². The number of carbonyl (C=O) groups excluding carboxylic acids is 1. The maximum Gasteiger partial charge on any atom is 0.277 e. The minimum Gasteiger partial charge on any atom is -0.388 e. The Kier molecular flexibility index (Phi) is 4.68. The molecule has 0 unspecified atom stereocenters. The highest BCUT2D eigenvalue weighted by Gasteiger charge is 2.24. The van der Waals surface area contributed by atoms with Crippen LogP contribution in [0.4, 0.5) is 5.69 Å². The molecule has 0 saturated carbocycles. The van der Waals surface area contributed by atoms with Gasteiger partial charge in [-0.15, -0.1) is 0 Å². The molecule has 0 radical (unpaired) electrons. The highest BCUT2D eigenvalue weighted by Crippen LogP contribution is 2.13. The first-order valence-corrected chi connectivity index (χ1v) is 6.99. The number of nitrogens with two attached hydrogens (primary N) is 1. The average Bonchev–Trinajstić information content (AvgIpc) is 2.94. The zero-order chi connectivity index (χ0) is 14.5. The summed E-state index contributed by atoms with van der Waals surface area (Å²) in [6.45, 7) is 3.44. The van der Waals surface area contributed by atoms with E-state index in [-0.39, 0.29) is 16.6 Å². The molecule has 20 heavy (non-hydrogen) atoms. The number of nitrogens with one attached hydrogen (secondary N) is 1. The van der Waals surface area contributed by atoms with Gasteiger partial charge < -0.3 is 10.6 Å². The first kappa shape index (κ1) is 14.5. The summed E-state index contributed by atoms with van der Waals surface area (Å²) in [5, 5.41) is 4.11. The topological polar surface area (TPSA) is 70.7 Å². The largest absolute Gasteiger partial charge is 0.388 e. The van der Waals surface area contributed by atoms with Crippen LogP contribution in [0.1, 0.15) is 18.4 Å². The number of para-hydroxylation sites is 1. The summed E-state index contributed by atoms with van der Waals surface area (Å²) >= 11 is 4.94. The number of anilines is 1. The molecule has 1 aliphatic heterocycles. The summed E-state index contributed by atoms with van der Waals surface area (Å²) in [4.78, 5) is 14.0. The van der Waals surface area contributed by atoms with E-state index in [0.29, 0.717) is 0 Å². The van der Waals surface area contributed by atoms with Gasteiger partial charge in [0.25, 0.3) is 5.91 Å². The molecular weight excluding hydrogens is 272 g/mol. The van der Waals surface area contributed by atoms with Crippen molar-refractivity contribution in [1.29, 1.82) is 0 Å². The molecule has 1 amide bonds. The fourth-order valence-corrected chi connectivity index (χ4v) is 2.23. The predicted octanol–water partition coefficient (Wildman–Crippen LogP) is 1.67. The number of hydrogen-bond donors (Lipinski definition) is 2. The van der Waals surface area contributed by atoms with Gasteiger partial charge in [0.05, 0.1) is 5.69 Å². The number of likely N-dealkylation sites (tertiary alicyclic amines) is 1. The second-order valence-electron chi connectivity index (χ2n) is 4.75. The van der Waals surface area contributed by atoms with E-state index in [2.05, 4.69) is 10.5 Å². The first-order chi connectivity index (χ1) is 9.59. The van der Waals surface area contributed by atoms with E-state index in [1.54, 1.807) is 4.90 Å². The van der Waals surface area contributed by atoms with Gasteiger partial charge in [-0.3, -0.25) is 10.2 Å². The smallest absolute Gasteiger partial charge is 0.277 e. The number of rotatable bonds is 4. The Hall–Kier alpha value is -1.95. The molecule has 2 rings (SSSR count). The Balaban J connectivity index is 2.16. The van der Waals surface area contributed by atoms with Gasteiger partial charge in [-0.1, -0.05) is 30.4 Å². The van der Waals surface area contributed by atoms with Crippen molar-refractivity contribution in [2.75, 3.05) is 18.5 Å². The van der Waals surface area contributed by atoms with Crippen molar-refractivity contribution in [3.05, 3.63) is 29.8 Å². The highest BCUT2D eigenvalue weighted by molar-refractivity contribution is 7.82. The number of amides is 1. The molecule has 5 nitrogen and oxygen atoms in total. The molecule has 1 saturated heterocycles. The minimum atomic E-state index is -0.198. The van der Waals surface area contributed by atoms with Gasteiger partial charge in [-0.25, -0.2) is 0 Å². The van der Waals surface area contributed by atoms with Crippen LogP contribution >= 0.6 is 12.2 Å². The van der Waals surface area contributed by atoms with Crippen molar-refractivity contribution in [1.82, 2.24) is 4.90 Å². The predicted molar refractivity (Wildman–Crippen MR) is 84.8 cm³/mol. The summed E-state index contributed by atoms with van der Waals surface area (Å²) in [6.07, 6.45) is 2.03. The Morgan fingerprint density at radius 1 is 1.35 bits per heavy atom. The number of hydrogen-bond acceptors (Lipinski definition) is 4. The minimum absolute atomic E-state index is 0.0167. The summed E-state index contributed by atoms with van der Waals surface area (Å²) in [5.74, 6) is -0.198. The third-order valence-electron chi connectivity index (χ3n) is 3.26. The highest BCUT2D eigenvalue weighted by atomic mass is 32.1. The molecule has 1 aliphatic rings. The number of hydrazone groups is 1. The lowest BCUT2D eigenvalue weighted by atomic mass is 10.2. The molecule has 1 fully saturated rings. The Labute approximate surface area is 123 Å². The lowest BCUT2D eigenvalue weighted by molar-refractivity contribution is -0.122. The lowest BCUT2D eigenvalue weighted by Gasteiger charge is -2.16. The number of thiocarbonyl (C=S) groups is 1. The van der Waals surface area contributed by atoms with E-state index in [0.717, 1.165) is 37.2 Å². The standard InChI is InChI=1S/C14H18N4OS/c1-10-6-2-3-7-11(10)16-17-12(13(15)20)14(19)18-8-4-5-9-18/h2-3,6-7,16H,4-5,8-9H2,1H3,(H2,15,20). The van der Waals surface area contributed by atoms with Gasteiger partial charge in [-0.05, 0) is 31.4 Å². The molecule has 0 aromatic heterocycles. The van der Waals surface area contributed by atoms with E-state index in [9.17, 15) is 4.79 Å². The van der Waals surface area contributed by atoms with E-state index in [4.69, 9.17) is 18.0 Å². The Morgan fingerprint density at radius 3 is 2.60 bits per heavy atom.